The van der Waals surface area contributed by atoms with E-state index in [-0.39, 0.29) is 16.8 Å². The first-order valence-electron chi connectivity index (χ1n) is 5.75. The van der Waals surface area contributed by atoms with Crippen LogP contribution in [0, 0.1) is 5.92 Å². The Kier molecular flexibility index (Phi) is 3.71. The summed E-state index contributed by atoms with van der Waals surface area (Å²) in [5, 5.41) is 7.92. The van der Waals surface area contributed by atoms with Gasteiger partial charge in [-0.1, -0.05) is 12.2 Å². The molecule has 18 heavy (non-hydrogen) atoms. The van der Waals surface area contributed by atoms with Crippen molar-refractivity contribution in [3.05, 3.63) is 17.8 Å². The first-order chi connectivity index (χ1) is 8.59. The van der Waals surface area contributed by atoms with Gasteiger partial charge in [0.05, 0.1) is 17.7 Å². The van der Waals surface area contributed by atoms with Gasteiger partial charge in [0.2, 0.25) is 5.91 Å². The molecule has 0 radical (unpaired) electrons. The molecule has 2 heterocycles. The Hall–Kier alpha value is -1.76. The van der Waals surface area contributed by atoms with Gasteiger partial charge < -0.3 is 16.4 Å². The number of aromatic nitrogens is 2. The van der Waals surface area contributed by atoms with Gasteiger partial charge in [-0.2, -0.15) is 5.10 Å². The standard InChI is InChI=1S/C11H15N5OS/c12-9(17)7-2-1-5-16(6-7)11-8(10(13)18)3-4-14-15-11/h3-4,7H,1-2,5-6H2,(H2,12,17)(H2,13,18). The summed E-state index contributed by atoms with van der Waals surface area (Å²) >= 11 is 4.99. The van der Waals surface area contributed by atoms with Gasteiger partial charge in [0, 0.05) is 13.1 Å². The lowest BCUT2D eigenvalue weighted by Crippen LogP contribution is -2.42. The zero-order valence-corrected chi connectivity index (χ0v) is 10.7. The topological polar surface area (TPSA) is 98.1 Å². The van der Waals surface area contributed by atoms with E-state index in [1.165, 1.54) is 0 Å². The summed E-state index contributed by atoms with van der Waals surface area (Å²) in [4.78, 5) is 13.5. The summed E-state index contributed by atoms with van der Waals surface area (Å²) in [6, 6.07) is 1.73. The fourth-order valence-electron chi connectivity index (χ4n) is 2.15. The van der Waals surface area contributed by atoms with E-state index in [0.29, 0.717) is 17.9 Å². The number of piperidine rings is 1. The van der Waals surface area contributed by atoms with Crippen molar-refractivity contribution < 1.29 is 4.79 Å². The lowest BCUT2D eigenvalue weighted by Gasteiger charge is -2.32. The molecule has 0 aromatic carbocycles. The smallest absolute Gasteiger partial charge is 0.222 e. The van der Waals surface area contributed by atoms with Gasteiger partial charge >= 0.3 is 0 Å². The second-order valence-corrected chi connectivity index (χ2v) is 4.76. The molecule has 0 saturated carbocycles. The predicted octanol–water partition coefficient (Wildman–Crippen LogP) is -0.188. The molecular weight excluding hydrogens is 250 g/mol. The van der Waals surface area contributed by atoms with Gasteiger partial charge in [-0.25, -0.2) is 0 Å². The van der Waals surface area contributed by atoms with E-state index >= 15 is 0 Å². The fraction of sp³-hybridized carbons (Fsp3) is 0.455. The minimum atomic E-state index is -0.277. The van der Waals surface area contributed by atoms with Crippen LogP contribution in [0.1, 0.15) is 18.4 Å². The summed E-state index contributed by atoms with van der Waals surface area (Å²) in [5.74, 6) is 0.205. The third kappa shape index (κ3) is 2.56. The Morgan fingerprint density at radius 1 is 1.50 bits per heavy atom. The number of amides is 1. The minimum Gasteiger partial charge on any atom is -0.389 e. The molecular formula is C11H15N5OS. The second-order valence-electron chi connectivity index (χ2n) is 4.32. The van der Waals surface area contributed by atoms with E-state index in [0.717, 1.165) is 19.4 Å². The normalized spacial score (nSPS) is 19.6. The van der Waals surface area contributed by atoms with Crippen LogP contribution in [-0.2, 0) is 4.79 Å². The Bertz CT molecular complexity index is 478. The number of carbonyl (C=O) groups excluding carboxylic acids is 1. The SMILES string of the molecule is NC(=O)C1CCCN(c2nnccc2C(N)=S)C1. The van der Waals surface area contributed by atoms with Gasteiger partial charge in [-0.15, -0.1) is 5.10 Å². The van der Waals surface area contributed by atoms with Crippen LogP contribution in [0.2, 0.25) is 0 Å². The Morgan fingerprint density at radius 3 is 2.94 bits per heavy atom. The molecule has 6 nitrogen and oxygen atoms in total. The van der Waals surface area contributed by atoms with Crippen LogP contribution in [-0.4, -0.2) is 34.2 Å². The number of thiocarbonyl (C=S) groups is 1. The van der Waals surface area contributed by atoms with Gasteiger partial charge in [0.15, 0.2) is 5.82 Å². The summed E-state index contributed by atoms with van der Waals surface area (Å²) in [5.41, 5.74) is 11.7. The molecule has 7 heteroatoms. The van der Waals surface area contributed by atoms with Crippen molar-refractivity contribution in [1.29, 1.82) is 0 Å². The van der Waals surface area contributed by atoms with Crippen LogP contribution in [0.4, 0.5) is 5.82 Å². The first-order valence-corrected chi connectivity index (χ1v) is 6.16. The Balaban J connectivity index is 2.26. The van der Waals surface area contributed by atoms with E-state index in [2.05, 4.69) is 10.2 Å². The molecule has 1 aliphatic rings. The third-order valence-corrected chi connectivity index (χ3v) is 3.31. The van der Waals surface area contributed by atoms with Crippen molar-refractivity contribution in [3.63, 3.8) is 0 Å². The lowest BCUT2D eigenvalue weighted by molar-refractivity contribution is -0.122. The van der Waals surface area contributed by atoms with Crippen LogP contribution >= 0.6 is 12.2 Å². The molecule has 4 N–H and O–H groups in total. The van der Waals surface area contributed by atoms with Crippen molar-refractivity contribution in [3.8, 4) is 0 Å². The van der Waals surface area contributed by atoms with Gasteiger partial charge in [0.25, 0.3) is 0 Å². The highest BCUT2D eigenvalue weighted by Crippen LogP contribution is 2.23. The lowest BCUT2D eigenvalue weighted by atomic mass is 9.97. The summed E-state index contributed by atoms with van der Waals surface area (Å²) in [6.07, 6.45) is 3.25. The molecule has 1 aromatic rings. The number of rotatable bonds is 3. The summed E-state index contributed by atoms with van der Waals surface area (Å²) in [7, 11) is 0. The van der Waals surface area contributed by atoms with Gasteiger partial charge in [-0.3, -0.25) is 4.79 Å². The highest BCUT2D eigenvalue weighted by molar-refractivity contribution is 7.80. The van der Waals surface area contributed by atoms with Gasteiger partial charge in [0.1, 0.15) is 4.99 Å². The molecule has 1 atom stereocenters. The quantitative estimate of drug-likeness (QED) is 0.735. The van der Waals surface area contributed by atoms with Crippen molar-refractivity contribution in [1.82, 2.24) is 10.2 Å². The molecule has 0 spiro atoms. The molecule has 0 bridgehead atoms. The highest BCUT2D eigenvalue weighted by Gasteiger charge is 2.26. The Morgan fingerprint density at radius 2 is 2.28 bits per heavy atom. The van der Waals surface area contributed by atoms with Crippen LogP contribution in [0.3, 0.4) is 0 Å². The number of primary amides is 1. The first kappa shape index (κ1) is 12.7. The predicted molar refractivity (Wildman–Crippen MR) is 72.1 cm³/mol. The molecule has 1 aromatic heterocycles. The molecule has 1 unspecified atom stereocenters. The second kappa shape index (κ2) is 5.26. The highest BCUT2D eigenvalue weighted by atomic mass is 32.1. The minimum absolute atomic E-state index is 0.153. The van der Waals surface area contributed by atoms with E-state index in [1.54, 1.807) is 12.3 Å². The molecule has 0 aliphatic carbocycles. The number of nitrogens with zero attached hydrogens (tertiary/aromatic N) is 3. The third-order valence-electron chi connectivity index (χ3n) is 3.09. The molecule has 1 amide bonds. The van der Waals surface area contributed by atoms with Crippen LogP contribution in [0.25, 0.3) is 0 Å². The number of carbonyl (C=O) groups is 1. The van der Waals surface area contributed by atoms with Crippen LogP contribution in [0.15, 0.2) is 12.3 Å². The van der Waals surface area contributed by atoms with Crippen molar-refractivity contribution in [2.24, 2.45) is 17.4 Å². The fourth-order valence-corrected chi connectivity index (χ4v) is 2.31. The van der Waals surface area contributed by atoms with Crippen molar-refractivity contribution in [2.75, 3.05) is 18.0 Å². The zero-order valence-electron chi connectivity index (χ0n) is 9.87. The molecule has 96 valence electrons. The molecule has 2 rings (SSSR count). The Labute approximate surface area is 110 Å². The number of hydrogen-bond donors (Lipinski definition) is 2. The van der Waals surface area contributed by atoms with Crippen molar-refractivity contribution >= 4 is 28.9 Å². The summed E-state index contributed by atoms with van der Waals surface area (Å²) in [6.45, 7) is 1.35. The number of nitrogens with two attached hydrogens (primary N) is 2. The largest absolute Gasteiger partial charge is 0.389 e. The van der Waals surface area contributed by atoms with E-state index in [4.69, 9.17) is 23.7 Å². The van der Waals surface area contributed by atoms with E-state index in [1.807, 2.05) is 4.90 Å². The molecule has 1 saturated heterocycles. The molecule has 1 aliphatic heterocycles. The maximum atomic E-state index is 11.3. The van der Waals surface area contributed by atoms with Gasteiger partial charge in [-0.05, 0) is 18.9 Å². The average molecular weight is 265 g/mol. The maximum absolute atomic E-state index is 11.3. The number of hydrogen-bond acceptors (Lipinski definition) is 5. The summed E-state index contributed by atoms with van der Waals surface area (Å²) < 4.78 is 0. The monoisotopic (exact) mass is 265 g/mol. The number of anilines is 1. The van der Waals surface area contributed by atoms with E-state index < -0.39 is 0 Å². The van der Waals surface area contributed by atoms with Crippen molar-refractivity contribution in [2.45, 2.75) is 12.8 Å². The molecule has 1 fully saturated rings. The van der Waals surface area contributed by atoms with Crippen LogP contribution in [0.5, 0.6) is 0 Å². The average Bonchev–Trinajstić information content (AvgIpc) is 2.39. The maximum Gasteiger partial charge on any atom is 0.222 e. The van der Waals surface area contributed by atoms with E-state index in [9.17, 15) is 4.79 Å². The van der Waals surface area contributed by atoms with Crippen LogP contribution < -0.4 is 16.4 Å². The zero-order chi connectivity index (χ0) is 13.1.